The van der Waals surface area contributed by atoms with Crippen LogP contribution in [0.5, 0.6) is 0 Å². The first-order valence-corrected chi connectivity index (χ1v) is 13.4. The van der Waals surface area contributed by atoms with E-state index in [0.29, 0.717) is 23.2 Å². The van der Waals surface area contributed by atoms with Crippen LogP contribution in [0.1, 0.15) is 65.6 Å². The number of amides is 1. The summed E-state index contributed by atoms with van der Waals surface area (Å²) < 4.78 is 42.0. The summed E-state index contributed by atoms with van der Waals surface area (Å²) in [7, 11) is 0. The molecular weight excluding hydrogens is 521 g/mol. The molecule has 1 aliphatic carbocycles. The summed E-state index contributed by atoms with van der Waals surface area (Å²) in [5.74, 6) is -0.670. The Morgan fingerprint density at radius 3 is 2.21 bits per heavy atom. The van der Waals surface area contributed by atoms with Crippen molar-refractivity contribution in [3.8, 4) is 11.1 Å². The number of benzene rings is 3. The van der Waals surface area contributed by atoms with Crippen LogP contribution in [0.3, 0.4) is 0 Å². The van der Waals surface area contributed by atoms with Gasteiger partial charge >= 0.3 is 0 Å². The van der Waals surface area contributed by atoms with E-state index in [2.05, 4.69) is 10.3 Å². The highest BCUT2D eigenvalue weighted by Gasteiger charge is 2.37. The maximum absolute atomic E-state index is 14.3. The van der Waals surface area contributed by atoms with Crippen LogP contribution in [0.2, 0.25) is 5.15 Å². The fourth-order valence-electron chi connectivity index (χ4n) is 5.65. The summed E-state index contributed by atoms with van der Waals surface area (Å²) in [5.41, 5.74) is 3.83. The number of nitrogens with zero attached hydrogens (tertiary/aromatic N) is 1. The zero-order valence-electron chi connectivity index (χ0n) is 21.3. The maximum Gasteiger partial charge on any atom is 0.264 e. The molecule has 200 valence electrons. The summed E-state index contributed by atoms with van der Waals surface area (Å²) in [6, 6.07) is 22.1. The van der Waals surface area contributed by atoms with E-state index >= 15 is 0 Å². The van der Waals surface area contributed by atoms with Crippen LogP contribution in [0.25, 0.3) is 11.1 Å². The Labute approximate surface area is 231 Å². The van der Waals surface area contributed by atoms with Crippen molar-refractivity contribution in [3.05, 3.63) is 118 Å². The topological polar surface area (TPSA) is 42.0 Å². The van der Waals surface area contributed by atoms with Gasteiger partial charge in [-0.25, -0.2) is 18.2 Å². The molecule has 7 heteroatoms. The molecule has 1 N–H and O–H groups in total. The molecule has 0 aliphatic heterocycles. The van der Waals surface area contributed by atoms with E-state index in [9.17, 15) is 18.0 Å². The maximum atomic E-state index is 14.3. The molecule has 5 rings (SSSR count). The minimum atomic E-state index is -2.64. The normalized spacial score (nSPS) is 14.8. The van der Waals surface area contributed by atoms with Gasteiger partial charge in [0.05, 0.1) is 0 Å². The summed E-state index contributed by atoms with van der Waals surface area (Å²) >= 11 is 5.93. The minimum Gasteiger partial charge on any atom is -0.322 e. The number of hydrogen-bond acceptors (Lipinski definition) is 2. The number of rotatable bonds is 7. The lowest BCUT2D eigenvalue weighted by atomic mass is 9.65. The third-order valence-electron chi connectivity index (χ3n) is 7.59. The second-order valence-electron chi connectivity index (χ2n) is 10.1. The molecule has 3 aromatic carbocycles. The monoisotopic (exact) mass is 548 g/mol. The molecule has 1 saturated carbocycles. The number of carbonyl (C=O) groups is 1. The van der Waals surface area contributed by atoms with Gasteiger partial charge in [0.2, 0.25) is 0 Å². The quantitative estimate of drug-likeness (QED) is 0.234. The van der Waals surface area contributed by atoms with E-state index < -0.39 is 11.8 Å². The Morgan fingerprint density at radius 1 is 0.897 bits per heavy atom. The first-order chi connectivity index (χ1) is 18.8. The lowest BCUT2D eigenvalue weighted by Crippen LogP contribution is -2.33. The van der Waals surface area contributed by atoms with E-state index in [4.69, 9.17) is 11.6 Å². The van der Waals surface area contributed by atoms with E-state index in [1.807, 2.05) is 24.3 Å². The Hall–Kier alpha value is -3.64. The van der Waals surface area contributed by atoms with Crippen molar-refractivity contribution in [3.63, 3.8) is 0 Å². The highest BCUT2D eigenvalue weighted by molar-refractivity contribution is 6.29. The number of alkyl halides is 2. The summed E-state index contributed by atoms with van der Waals surface area (Å²) in [6.07, 6.45) is 3.94. The van der Waals surface area contributed by atoms with E-state index in [1.54, 1.807) is 24.3 Å². The molecule has 3 nitrogen and oxygen atoms in total. The third-order valence-corrected chi connectivity index (χ3v) is 7.80. The third kappa shape index (κ3) is 6.17. The first-order valence-electron chi connectivity index (χ1n) is 13.0. The standard InChI is InChI=1S/C32H28ClF3N2O/c33-29-18-24(14-17-37-29)31(39)38-26-12-13-27(30(35)36)28(19-26)32(15-2-1-3-16-32)20-21-4-6-22(7-5-21)23-8-10-25(34)11-9-23/h4-14,17-19,30H,1-3,15-16,20H2,(H,38,39). The van der Waals surface area contributed by atoms with Crippen molar-refractivity contribution in [1.82, 2.24) is 4.98 Å². The number of pyridine rings is 1. The van der Waals surface area contributed by atoms with Crippen LogP contribution in [0.4, 0.5) is 18.9 Å². The van der Waals surface area contributed by atoms with Crippen molar-refractivity contribution >= 4 is 23.2 Å². The van der Waals surface area contributed by atoms with Crippen LogP contribution in [0.15, 0.2) is 85.1 Å². The van der Waals surface area contributed by atoms with Crippen LogP contribution in [-0.4, -0.2) is 10.9 Å². The second kappa shape index (κ2) is 11.6. The molecule has 39 heavy (non-hydrogen) atoms. The number of hydrogen-bond donors (Lipinski definition) is 1. The van der Waals surface area contributed by atoms with Crippen molar-refractivity contribution in [2.75, 3.05) is 5.32 Å². The Morgan fingerprint density at radius 2 is 1.56 bits per heavy atom. The number of halogens is 4. The predicted octanol–water partition coefficient (Wildman–Crippen LogP) is 9.18. The second-order valence-corrected chi connectivity index (χ2v) is 10.5. The highest BCUT2D eigenvalue weighted by Crippen LogP contribution is 2.46. The largest absolute Gasteiger partial charge is 0.322 e. The number of aromatic nitrogens is 1. The average Bonchev–Trinajstić information content (AvgIpc) is 2.94. The Kier molecular flexibility index (Phi) is 8.03. The number of nitrogens with one attached hydrogen (secondary N) is 1. The molecule has 0 bridgehead atoms. The zero-order chi connectivity index (χ0) is 27.4. The van der Waals surface area contributed by atoms with Crippen molar-refractivity contribution in [2.45, 2.75) is 50.4 Å². The minimum absolute atomic E-state index is 0.00443. The fourth-order valence-corrected chi connectivity index (χ4v) is 5.82. The molecule has 1 heterocycles. The molecule has 1 amide bonds. The molecule has 0 unspecified atom stereocenters. The first kappa shape index (κ1) is 26.9. The van der Waals surface area contributed by atoms with Gasteiger partial charge in [-0.2, -0.15) is 0 Å². The lowest BCUT2D eigenvalue weighted by Gasteiger charge is -2.40. The lowest BCUT2D eigenvalue weighted by molar-refractivity contribution is 0.102. The SMILES string of the molecule is O=C(Nc1ccc(C(F)F)c(C2(Cc3ccc(-c4ccc(F)cc4)cc3)CCCCC2)c1)c1ccnc(Cl)c1. The van der Waals surface area contributed by atoms with Crippen LogP contribution >= 0.6 is 11.6 Å². The van der Waals surface area contributed by atoms with Gasteiger partial charge in [-0.3, -0.25) is 4.79 Å². The summed E-state index contributed by atoms with van der Waals surface area (Å²) in [5, 5.41) is 3.04. The fraction of sp³-hybridized carbons (Fsp3) is 0.250. The van der Waals surface area contributed by atoms with Crippen LogP contribution < -0.4 is 5.32 Å². The molecule has 0 spiro atoms. The molecule has 1 aromatic heterocycles. The van der Waals surface area contributed by atoms with Crippen LogP contribution in [-0.2, 0) is 11.8 Å². The molecule has 1 fully saturated rings. The zero-order valence-corrected chi connectivity index (χ0v) is 22.0. The molecule has 1 aliphatic rings. The predicted molar refractivity (Wildman–Crippen MR) is 149 cm³/mol. The van der Waals surface area contributed by atoms with Gasteiger partial charge in [0, 0.05) is 23.0 Å². The van der Waals surface area contributed by atoms with Crippen LogP contribution in [0, 0.1) is 5.82 Å². The van der Waals surface area contributed by atoms with E-state index in [-0.39, 0.29) is 22.4 Å². The number of carbonyl (C=O) groups excluding carboxylic acids is 1. The Bertz CT molecular complexity index is 1450. The molecule has 0 saturated heterocycles. The molecule has 0 radical (unpaired) electrons. The highest BCUT2D eigenvalue weighted by atomic mass is 35.5. The number of anilines is 1. The molecule has 4 aromatic rings. The smallest absolute Gasteiger partial charge is 0.264 e. The van der Waals surface area contributed by atoms with Gasteiger partial charge < -0.3 is 5.32 Å². The summed E-state index contributed by atoms with van der Waals surface area (Å²) in [6.45, 7) is 0. The van der Waals surface area contributed by atoms with Gasteiger partial charge in [0.25, 0.3) is 12.3 Å². The van der Waals surface area contributed by atoms with Crippen molar-refractivity contribution in [2.24, 2.45) is 0 Å². The van der Waals surface area contributed by atoms with E-state index in [1.165, 1.54) is 36.5 Å². The van der Waals surface area contributed by atoms with Gasteiger partial charge in [-0.15, -0.1) is 0 Å². The van der Waals surface area contributed by atoms with Crippen molar-refractivity contribution in [1.29, 1.82) is 0 Å². The molecular formula is C32H28ClF3N2O. The average molecular weight is 549 g/mol. The summed E-state index contributed by atoms with van der Waals surface area (Å²) in [4.78, 5) is 16.7. The van der Waals surface area contributed by atoms with E-state index in [0.717, 1.165) is 48.8 Å². The Balaban J connectivity index is 1.47. The van der Waals surface area contributed by atoms with Gasteiger partial charge in [-0.1, -0.05) is 73.3 Å². The van der Waals surface area contributed by atoms with Gasteiger partial charge in [-0.05, 0) is 83.3 Å². The van der Waals surface area contributed by atoms with Gasteiger partial charge in [0.15, 0.2) is 0 Å². The van der Waals surface area contributed by atoms with Crippen molar-refractivity contribution < 1.29 is 18.0 Å². The van der Waals surface area contributed by atoms with Gasteiger partial charge in [0.1, 0.15) is 11.0 Å². The molecule has 0 atom stereocenters.